The fourth-order valence-electron chi connectivity index (χ4n) is 4.03. The van der Waals surface area contributed by atoms with E-state index in [9.17, 15) is 4.79 Å². The summed E-state index contributed by atoms with van der Waals surface area (Å²) in [7, 11) is 0. The van der Waals surface area contributed by atoms with Crippen LogP contribution >= 0.6 is 0 Å². The van der Waals surface area contributed by atoms with Crippen LogP contribution < -0.4 is 10.2 Å². The number of aromatic nitrogens is 2. The first-order valence-corrected chi connectivity index (χ1v) is 10.8. The Balaban J connectivity index is 1.27. The van der Waals surface area contributed by atoms with Gasteiger partial charge in [0, 0.05) is 24.7 Å². The third-order valence-corrected chi connectivity index (χ3v) is 5.85. The van der Waals surface area contributed by atoms with Crippen LogP contribution in [0.4, 0.5) is 5.82 Å². The Bertz CT molecular complexity index is 1140. The highest BCUT2D eigenvalue weighted by Gasteiger charge is 2.35. The molecule has 4 aromatic rings. The zero-order valence-electron chi connectivity index (χ0n) is 17.6. The molecule has 0 bridgehead atoms. The number of anilines is 1. The summed E-state index contributed by atoms with van der Waals surface area (Å²) in [4.78, 5) is 24.0. The van der Waals surface area contributed by atoms with Gasteiger partial charge in [-0.25, -0.2) is 9.97 Å². The van der Waals surface area contributed by atoms with Crippen LogP contribution in [0.15, 0.2) is 103 Å². The maximum atomic E-state index is 13.1. The zero-order chi connectivity index (χ0) is 21.8. The second kappa shape index (κ2) is 9.02. The highest BCUT2D eigenvalue weighted by molar-refractivity contribution is 5.82. The molecule has 158 valence electrons. The Kier molecular flexibility index (Phi) is 5.62. The SMILES string of the molecule is O=C(NC(c1ccccc1)c1ccccc1)C1CN(c2cc(-c3ccccc3)ncn2)C1. The number of rotatable bonds is 6. The van der Waals surface area contributed by atoms with Crippen molar-refractivity contribution in [1.29, 1.82) is 0 Å². The van der Waals surface area contributed by atoms with Crippen molar-refractivity contribution in [2.45, 2.75) is 6.04 Å². The van der Waals surface area contributed by atoms with Crippen LogP contribution in [-0.4, -0.2) is 29.0 Å². The van der Waals surface area contributed by atoms with Crippen molar-refractivity contribution < 1.29 is 4.79 Å². The molecular formula is C27H24N4O. The Labute approximate surface area is 187 Å². The number of nitrogens with zero attached hydrogens (tertiary/aromatic N) is 3. The van der Waals surface area contributed by atoms with Gasteiger partial charge in [0.05, 0.1) is 17.7 Å². The van der Waals surface area contributed by atoms with Crippen LogP contribution in [0.1, 0.15) is 17.2 Å². The van der Waals surface area contributed by atoms with Crippen LogP contribution in [0, 0.1) is 5.92 Å². The second-order valence-electron chi connectivity index (χ2n) is 7.99. The van der Waals surface area contributed by atoms with E-state index in [0.29, 0.717) is 13.1 Å². The highest BCUT2D eigenvalue weighted by atomic mass is 16.2. The summed E-state index contributed by atoms with van der Waals surface area (Å²) in [6, 6.07) is 32.1. The van der Waals surface area contributed by atoms with Gasteiger partial charge in [0.25, 0.3) is 0 Å². The molecule has 5 nitrogen and oxygen atoms in total. The third-order valence-electron chi connectivity index (χ3n) is 5.85. The standard InChI is InChI=1S/C27H24N4O/c32-27(30-26(21-12-6-2-7-13-21)22-14-8-3-9-15-22)23-17-31(18-23)25-16-24(28-19-29-25)20-10-4-1-5-11-20/h1-16,19,23,26H,17-18H2,(H,30,32). The Morgan fingerprint density at radius 3 is 1.97 bits per heavy atom. The summed E-state index contributed by atoms with van der Waals surface area (Å²) in [5.41, 5.74) is 4.09. The van der Waals surface area contributed by atoms with Crippen molar-refractivity contribution in [2.24, 2.45) is 5.92 Å². The van der Waals surface area contributed by atoms with E-state index in [1.54, 1.807) is 6.33 Å². The normalized spacial score (nSPS) is 13.6. The van der Waals surface area contributed by atoms with E-state index in [1.807, 2.05) is 72.8 Å². The second-order valence-corrected chi connectivity index (χ2v) is 7.99. The van der Waals surface area contributed by atoms with E-state index < -0.39 is 0 Å². The summed E-state index contributed by atoms with van der Waals surface area (Å²) in [6.45, 7) is 1.29. The van der Waals surface area contributed by atoms with Gasteiger partial charge in [-0.15, -0.1) is 0 Å². The third kappa shape index (κ3) is 4.23. The van der Waals surface area contributed by atoms with Gasteiger partial charge < -0.3 is 10.2 Å². The number of carbonyl (C=O) groups is 1. The van der Waals surface area contributed by atoms with Crippen molar-refractivity contribution in [3.05, 3.63) is 115 Å². The van der Waals surface area contributed by atoms with Gasteiger partial charge in [-0.2, -0.15) is 0 Å². The van der Waals surface area contributed by atoms with E-state index in [2.05, 4.69) is 44.5 Å². The zero-order valence-corrected chi connectivity index (χ0v) is 17.6. The number of benzene rings is 3. The molecule has 3 aromatic carbocycles. The van der Waals surface area contributed by atoms with Crippen molar-refractivity contribution in [2.75, 3.05) is 18.0 Å². The molecule has 0 saturated carbocycles. The molecule has 5 rings (SSSR count). The lowest BCUT2D eigenvalue weighted by Crippen LogP contribution is -2.54. The van der Waals surface area contributed by atoms with Gasteiger partial charge >= 0.3 is 0 Å². The molecule has 1 aliphatic rings. The van der Waals surface area contributed by atoms with E-state index in [4.69, 9.17) is 0 Å². The van der Waals surface area contributed by atoms with Gasteiger partial charge in [-0.1, -0.05) is 91.0 Å². The minimum Gasteiger partial charge on any atom is -0.355 e. The van der Waals surface area contributed by atoms with E-state index in [-0.39, 0.29) is 17.9 Å². The quantitative estimate of drug-likeness (QED) is 0.500. The van der Waals surface area contributed by atoms with Crippen LogP contribution in [0.3, 0.4) is 0 Å². The fourth-order valence-corrected chi connectivity index (χ4v) is 4.03. The minimum atomic E-state index is -0.164. The average Bonchev–Trinajstić information content (AvgIpc) is 2.83. The summed E-state index contributed by atoms with van der Waals surface area (Å²) >= 11 is 0. The topological polar surface area (TPSA) is 58.1 Å². The summed E-state index contributed by atoms with van der Waals surface area (Å²) in [5, 5.41) is 3.26. The Morgan fingerprint density at radius 1 is 0.812 bits per heavy atom. The monoisotopic (exact) mass is 420 g/mol. The molecule has 1 N–H and O–H groups in total. The lowest BCUT2D eigenvalue weighted by atomic mass is 9.95. The predicted molar refractivity (Wildman–Crippen MR) is 126 cm³/mol. The van der Waals surface area contributed by atoms with Crippen molar-refractivity contribution in [1.82, 2.24) is 15.3 Å². The predicted octanol–water partition coefficient (Wildman–Crippen LogP) is 4.49. The van der Waals surface area contributed by atoms with Crippen LogP contribution in [0.2, 0.25) is 0 Å². The Morgan fingerprint density at radius 2 is 1.38 bits per heavy atom. The molecular weight excluding hydrogens is 396 g/mol. The smallest absolute Gasteiger partial charge is 0.227 e. The lowest BCUT2D eigenvalue weighted by Gasteiger charge is -2.39. The van der Waals surface area contributed by atoms with Crippen molar-refractivity contribution >= 4 is 11.7 Å². The molecule has 0 spiro atoms. The highest BCUT2D eigenvalue weighted by Crippen LogP contribution is 2.28. The maximum Gasteiger partial charge on any atom is 0.227 e. The molecule has 0 unspecified atom stereocenters. The molecule has 1 fully saturated rings. The van der Waals surface area contributed by atoms with E-state index in [1.165, 1.54) is 0 Å². The van der Waals surface area contributed by atoms with E-state index >= 15 is 0 Å². The first kappa shape index (κ1) is 19.9. The number of hydrogen-bond donors (Lipinski definition) is 1. The largest absolute Gasteiger partial charge is 0.355 e. The molecule has 0 aliphatic carbocycles. The van der Waals surface area contributed by atoms with Gasteiger partial charge in [0.1, 0.15) is 12.1 Å². The maximum absolute atomic E-state index is 13.1. The van der Waals surface area contributed by atoms with E-state index in [0.717, 1.165) is 28.2 Å². The first-order valence-electron chi connectivity index (χ1n) is 10.8. The van der Waals surface area contributed by atoms with Gasteiger partial charge in [0.15, 0.2) is 0 Å². The molecule has 2 heterocycles. The molecule has 1 amide bonds. The number of amides is 1. The molecule has 5 heteroatoms. The first-order chi connectivity index (χ1) is 15.8. The number of nitrogens with one attached hydrogen (secondary N) is 1. The number of hydrogen-bond acceptors (Lipinski definition) is 4. The molecule has 0 radical (unpaired) electrons. The van der Waals surface area contributed by atoms with Crippen LogP contribution in [0.25, 0.3) is 11.3 Å². The van der Waals surface area contributed by atoms with Gasteiger partial charge in [0.2, 0.25) is 5.91 Å². The van der Waals surface area contributed by atoms with Crippen LogP contribution in [-0.2, 0) is 4.79 Å². The lowest BCUT2D eigenvalue weighted by molar-refractivity contribution is -0.126. The summed E-state index contributed by atoms with van der Waals surface area (Å²) in [5.74, 6) is 0.849. The fraction of sp³-hybridized carbons (Fsp3) is 0.148. The van der Waals surface area contributed by atoms with Gasteiger partial charge in [-0.3, -0.25) is 4.79 Å². The average molecular weight is 421 g/mol. The molecule has 1 aliphatic heterocycles. The summed E-state index contributed by atoms with van der Waals surface area (Å²) in [6.07, 6.45) is 1.59. The minimum absolute atomic E-state index is 0.0660. The molecule has 32 heavy (non-hydrogen) atoms. The molecule has 1 saturated heterocycles. The van der Waals surface area contributed by atoms with Gasteiger partial charge in [-0.05, 0) is 11.1 Å². The molecule has 0 atom stereocenters. The molecule has 1 aromatic heterocycles. The van der Waals surface area contributed by atoms with Crippen LogP contribution in [0.5, 0.6) is 0 Å². The van der Waals surface area contributed by atoms with Crippen molar-refractivity contribution in [3.63, 3.8) is 0 Å². The van der Waals surface area contributed by atoms with Crippen molar-refractivity contribution in [3.8, 4) is 11.3 Å². The number of carbonyl (C=O) groups excluding carboxylic acids is 1. The summed E-state index contributed by atoms with van der Waals surface area (Å²) < 4.78 is 0. The Hall–Kier alpha value is -3.99.